The lowest BCUT2D eigenvalue weighted by Crippen LogP contribution is -2.31. The molecule has 162 valence electrons. The van der Waals surface area contributed by atoms with Gasteiger partial charge in [0.15, 0.2) is 11.5 Å². The molecule has 1 aliphatic heterocycles. The second-order valence-electron chi connectivity index (χ2n) is 7.47. The third-order valence-electron chi connectivity index (χ3n) is 5.52. The molecule has 0 fully saturated rings. The highest BCUT2D eigenvalue weighted by atomic mass is 19.1. The van der Waals surface area contributed by atoms with Crippen molar-refractivity contribution in [2.24, 2.45) is 0 Å². The number of rotatable bonds is 7. The number of carbonyl (C=O) groups excluding carboxylic acids is 2. The average Bonchev–Trinajstić information content (AvgIpc) is 3.09. The number of aliphatic hydroxyl groups is 1. The Hall–Kier alpha value is -3.93. The van der Waals surface area contributed by atoms with Gasteiger partial charge in [-0.05, 0) is 30.2 Å². The lowest BCUT2D eigenvalue weighted by molar-refractivity contribution is -0.118. The Labute approximate surface area is 185 Å². The van der Waals surface area contributed by atoms with Crippen molar-refractivity contribution in [1.82, 2.24) is 0 Å². The Morgan fingerprint density at radius 2 is 1.75 bits per heavy atom. The number of halogens is 1. The van der Waals surface area contributed by atoms with Gasteiger partial charge in [0.05, 0.1) is 18.7 Å². The zero-order chi connectivity index (χ0) is 22.7. The summed E-state index contributed by atoms with van der Waals surface area (Å²) in [5.41, 5.74) is 1.38. The zero-order valence-corrected chi connectivity index (χ0v) is 17.5. The largest absolute Gasteiger partial charge is 0.503 e. The summed E-state index contributed by atoms with van der Waals surface area (Å²) in [5.74, 6) is -1.89. The van der Waals surface area contributed by atoms with E-state index in [0.717, 1.165) is 5.56 Å². The summed E-state index contributed by atoms with van der Waals surface area (Å²) >= 11 is 0. The van der Waals surface area contributed by atoms with Crippen LogP contribution < -0.4 is 9.64 Å². The summed E-state index contributed by atoms with van der Waals surface area (Å²) in [7, 11) is 1.49. The number of benzene rings is 3. The van der Waals surface area contributed by atoms with Crippen molar-refractivity contribution in [2.75, 3.05) is 12.0 Å². The van der Waals surface area contributed by atoms with Crippen molar-refractivity contribution in [3.63, 3.8) is 0 Å². The molecule has 3 aromatic rings. The summed E-state index contributed by atoms with van der Waals surface area (Å²) in [6, 6.07) is 21.0. The molecule has 1 amide bonds. The predicted octanol–water partition coefficient (Wildman–Crippen LogP) is 4.94. The summed E-state index contributed by atoms with van der Waals surface area (Å²) in [6.07, 6.45) is 0.515. The van der Waals surface area contributed by atoms with Crippen molar-refractivity contribution < 1.29 is 23.8 Å². The van der Waals surface area contributed by atoms with Gasteiger partial charge in [0.25, 0.3) is 5.91 Å². The fourth-order valence-electron chi connectivity index (χ4n) is 3.95. The van der Waals surface area contributed by atoms with Crippen LogP contribution in [0.5, 0.6) is 5.75 Å². The van der Waals surface area contributed by atoms with E-state index in [1.54, 1.807) is 30.3 Å². The molecule has 1 N–H and O–H groups in total. The molecule has 6 heteroatoms. The van der Waals surface area contributed by atoms with Crippen molar-refractivity contribution in [1.29, 1.82) is 0 Å². The van der Waals surface area contributed by atoms with Crippen LogP contribution in [0.4, 0.5) is 10.1 Å². The smallest absolute Gasteiger partial charge is 0.294 e. The summed E-state index contributed by atoms with van der Waals surface area (Å²) in [6.45, 7) is 0. The van der Waals surface area contributed by atoms with Crippen molar-refractivity contribution >= 4 is 17.4 Å². The first-order chi connectivity index (χ1) is 15.5. The van der Waals surface area contributed by atoms with E-state index in [-0.39, 0.29) is 17.6 Å². The van der Waals surface area contributed by atoms with Crippen molar-refractivity contribution in [3.8, 4) is 5.75 Å². The highest BCUT2D eigenvalue weighted by molar-refractivity contribution is 6.16. The fourth-order valence-corrected chi connectivity index (χ4v) is 3.95. The van der Waals surface area contributed by atoms with Crippen molar-refractivity contribution in [3.05, 3.63) is 107 Å². The summed E-state index contributed by atoms with van der Waals surface area (Å²) in [5, 5.41) is 10.7. The number of ether oxygens (including phenoxy) is 1. The number of anilines is 1. The maximum Gasteiger partial charge on any atom is 0.294 e. The van der Waals surface area contributed by atoms with Gasteiger partial charge in [0, 0.05) is 23.7 Å². The Morgan fingerprint density at radius 3 is 2.47 bits per heavy atom. The minimum atomic E-state index is -1.08. The minimum Gasteiger partial charge on any atom is -0.503 e. The first-order valence-corrected chi connectivity index (χ1v) is 10.2. The molecule has 5 nitrogen and oxygen atoms in total. The maximum absolute atomic E-state index is 14.8. The van der Waals surface area contributed by atoms with Crippen molar-refractivity contribution in [2.45, 2.75) is 18.9 Å². The van der Waals surface area contributed by atoms with E-state index in [1.807, 2.05) is 30.3 Å². The zero-order valence-electron chi connectivity index (χ0n) is 17.5. The molecule has 0 aromatic heterocycles. The lowest BCUT2D eigenvalue weighted by atomic mass is 9.92. The molecule has 0 aliphatic carbocycles. The quantitative estimate of drug-likeness (QED) is 0.576. The first kappa shape index (κ1) is 21.3. The Bertz CT molecular complexity index is 1190. The molecule has 0 saturated heterocycles. The van der Waals surface area contributed by atoms with E-state index in [0.29, 0.717) is 17.9 Å². The summed E-state index contributed by atoms with van der Waals surface area (Å²) in [4.78, 5) is 27.6. The number of carbonyl (C=O) groups is 2. The van der Waals surface area contributed by atoms with Gasteiger partial charge in [-0.3, -0.25) is 14.5 Å². The Kier molecular flexibility index (Phi) is 6.03. The number of amides is 1. The van der Waals surface area contributed by atoms with E-state index in [2.05, 4.69) is 0 Å². The first-order valence-electron chi connectivity index (χ1n) is 10.2. The number of Topliss-reactive ketones (excluding diaryl/α,β-unsaturated/α-hetero) is 1. The van der Waals surface area contributed by atoms with Crippen LogP contribution >= 0.6 is 0 Å². The molecule has 4 rings (SSSR count). The Balaban J connectivity index is 1.75. The normalized spacial score (nSPS) is 15.9. The van der Waals surface area contributed by atoms with Gasteiger partial charge < -0.3 is 9.84 Å². The lowest BCUT2D eigenvalue weighted by Gasteiger charge is -2.27. The van der Waals surface area contributed by atoms with E-state index in [9.17, 15) is 19.1 Å². The molecule has 0 spiro atoms. The molecule has 32 heavy (non-hydrogen) atoms. The molecule has 0 saturated carbocycles. The SMILES string of the molecule is COc1cccc(N2C(=O)C(O)=C(C(=O)CCc3ccccc3)C2c2ccccc2F)c1. The monoisotopic (exact) mass is 431 g/mol. The topological polar surface area (TPSA) is 66.8 Å². The van der Waals surface area contributed by atoms with Crippen LogP contribution in [-0.4, -0.2) is 23.9 Å². The number of methoxy groups -OCH3 is 1. The van der Waals surface area contributed by atoms with Crippen LogP contribution in [0.3, 0.4) is 0 Å². The van der Waals surface area contributed by atoms with Gasteiger partial charge in [0.2, 0.25) is 0 Å². The molecule has 3 aromatic carbocycles. The molecule has 0 bridgehead atoms. The number of aliphatic hydroxyl groups excluding tert-OH is 1. The molecule has 1 aliphatic rings. The second-order valence-corrected chi connectivity index (χ2v) is 7.47. The Morgan fingerprint density at radius 1 is 1.03 bits per heavy atom. The number of aryl methyl sites for hydroxylation is 1. The van der Waals surface area contributed by atoms with Crippen LogP contribution in [0.2, 0.25) is 0 Å². The average molecular weight is 431 g/mol. The maximum atomic E-state index is 14.8. The van der Waals surface area contributed by atoms with E-state index < -0.39 is 29.3 Å². The van der Waals surface area contributed by atoms with Gasteiger partial charge >= 0.3 is 0 Å². The number of hydrogen-bond donors (Lipinski definition) is 1. The summed E-state index contributed by atoms with van der Waals surface area (Å²) < 4.78 is 20.1. The van der Waals surface area contributed by atoms with Crippen LogP contribution in [-0.2, 0) is 16.0 Å². The number of nitrogens with zero attached hydrogens (tertiary/aromatic N) is 1. The van der Waals surface area contributed by atoms with Crippen LogP contribution in [0, 0.1) is 5.82 Å². The molecular weight excluding hydrogens is 409 g/mol. The van der Waals surface area contributed by atoms with Gasteiger partial charge in [0.1, 0.15) is 11.6 Å². The van der Waals surface area contributed by atoms with Crippen LogP contribution in [0.15, 0.2) is 90.2 Å². The molecular formula is C26H22FNO4. The van der Waals surface area contributed by atoms with Crippen LogP contribution in [0.25, 0.3) is 0 Å². The third-order valence-corrected chi connectivity index (χ3v) is 5.52. The molecule has 1 unspecified atom stereocenters. The highest BCUT2D eigenvalue weighted by Gasteiger charge is 2.45. The molecule has 1 atom stereocenters. The predicted molar refractivity (Wildman–Crippen MR) is 119 cm³/mol. The standard InChI is InChI=1S/C26H22FNO4/c1-32-19-11-7-10-18(16-19)28-24(20-12-5-6-13-21(20)27)23(25(30)26(28)31)22(29)15-14-17-8-3-2-4-9-17/h2-13,16,24,30H,14-15H2,1H3. The number of hydrogen-bond acceptors (Lipinski definition) is 4. The van der Waals surface area contributed by atoms with E-state index in [4.69, 9.17) is 4.74 Å². The fraction of sp³-hybridized carbons (Fsp3) is 0.154. The molecule has 1 heterocycles. The van der Waals surface area contributed by atoms with E-state index >= 15 is 0 Å². The van der Waals surface area contributed by atoms with Crippen LogP contribution in [0.1, 0.15) is 23.6 Å². The minimum absolute atomic E-state index is 0.0770. The molecule has 0 radical (unpaired) electrons. The van der Waals surface area contributed by atoms with Gasteiger partial charge in [-0.15, -0.1) is 0 Å². The number of ketones is 1. The highest BCUT2D eigenvalue weighted by Crippen LogP contribution is 2.42. The van der Waals surface area contributed by atoms with Gasteiger partial charge in [-0.2, -0.15) is 0 Å². The second kappa shape index (κ2) is 9.06. The van der Waals surface area contributed by atoms with Gasteiger partial charge in [-0.1, -0.05) is 54.6 Å². The third kappa shape index (κ3) is 3.99. The van der Waals surface area contributed by atoms with E-state index in [1.165, 1.54) is 30.2 Å². The van der Waals surface area contributed by atoms with Gasteiger partial charge in [-0.25, -0.2) is 4.39 Å².